The van der Waals surface area contributed by atoms with Crippen LogP contribution in [0.5, 0.6) is 0 Å². The topological polar surface area (TPSA) is 58.4 Å². The predicted octanol–water partition coefficient (Wildman–Crippen LogP) is 0.819. The van der Waals surface area contributed by atoms with Crippen molar-refractivity contribution >= 4 is 5.91 Å². The second kappa shape index (κ2) is 7.63. The molecule has 3 N–H and O–H groups in total. The van der Waals surface area contributed by atoms with Gasteiger partial charge in [-0.25, -0.2) is 0 Å². The molecule has 4 heteroatoms. The molecule has 0 radical (unpaired) electrons. The third-order valence-corrected chi connectivity index (χ3v) is 2.73. The Morgan fingerprint density at radius 3 is 2.44 bits per heavy atom. The summed E-state index contributed by atoms with van der Waals surface area (Å²) < 4.78 is 0. The van der Waals surface area contributed by atoms with Crippen LogP contribution in [0.3, 0.4) is 0 Å². The van der Waals surface area contributed by atoms with Gasteiger partial charge in [-0.15, -0.1) is 0 Å². The van der Waals surface area contributed by atoms with E-state index in [-0.39, 0.29) is 11.3 Å². The summed E-state index contributed by atoms with van der Waals surface area (Å²) >= 11 is 0. The van der Waals surface area contributed by atoms with Gasteiger partial charge in [-0.2, -0.15) is 0 Å². The van der Waals surface area contributed by atoms with Gasteiger partial charge in [-0.1, -0.05) is 13.8 Å². The van der Waals surface area contributed by atoms with Gasteiger partial charge in [-0.3, -0.25) is 4.79 Å². The van der Waals surface area contributed by atoms with Crippen LogP contribution in [0.15, 0.2) is 0 Å². The van der Waals surface area contributed by atoms with E-state index >= 15 is 0 Å². The molecule has 0 aromatic carbocycles. The fourth-order valence-corrected chi connectivity index (χ4v) is 1.47. The molecule has 0 saturated carbocycles. The van der Waals surface area contributed by atoms with Crippen molar-refractivity contribution in [2.75, 3.05) is 33.7 Å². The van der Waals surface area contributed by atoms with Gasteiger partial charge in [0.1, 0.15) is 0 Å². The number of likely N-dealkylation sites (N-methyl/N-ethyl adjacent to an activating group) is 1. The molecule has 0 bridgehead atoms. The van der Waals surface area contributed by atoms with E-state index in [0.29, 0.717) is 13.0 Å². The lowest BCUT2D eigenvalue weighted by Gasteiger charge is -2.23. The minimum absolute atomic E-state index is 0.145. The summed E-state index contributed by atoms with van der Waals surface area (Å²) in [5.41, 5.74) is 5.70. The normalized spacial score (nSPS) is 11.9. The standard InChI is InChI=1S/C12H27N3O/c1-12(2,7-8-13)6-5-11(16)14-9-10-15(3)4/h5-10,13H2,1-4H3,(H,14,16). The lowest BCUT2D eigenvalue weighted by molar-refractivity contribution is -0.121. The van der Waals surface area contributed by atoms with Crippen molar-refractivity contribution in [2.24, 2.45) is 11.1 Å². The van der Waals surface area contributed by atoms with E-state index in [1.165, 1.54) is 0 Å². The Morgan fingerprint density at radius 2 is 1.94 bits per heavy atom. The van der Waals surface area contributed by atoms with Crippen molar-refractivity contribution in [3.63, 3.8) is 0 Å². The average molecular weight is 229 g/mol. The molecule has 0 rings (SSSR count). The zero-order valence-electron chi connectivity index (χ0n) is 11.2. The molecule has 0 aliphatic carbocycles. The van der Waals surface area contributed by atoms with Gasteiger partial charge < -0.3 is 16.0 Å². The fourth-order valence-electron chi connectivity index (χ4n) is 1.47. The highest BCUT2D eigenvalue weighted by Crippen LogP contribution is 2.25. The molecular weight excluding hydrogens is 202 g/mol. The molecule has 0 aliphatic rings. The second-order valence-electron chi connectivity index (χ2n) is 5.36. The van der Waals surface area contributed by atoms with Crippen LogP contribution in [-0.2, 0) is 4.79 Å². The maximum Gasteiger partial charge on any atom is 0.220 e. The van der Waals surface area contributed by atoms with Crippen molar-refractivity contribution in [3.05, 3.63) is 0 Å². The van der Waals surface area contributed by atoms with Crippen molar-refractivity contribution < 1.29 is 4.79 Å². The van der Waals surface area contributed by atoms with Gasteiger partial charge in [0.15, 0.2) is 0 Å². The van der Waals surface area contributed by atoms with Crippen molar-refractivity contribution in [3.8, 4) is 0 Å². The molecule has 4 nitrogen and oxygen atoms in total. The highest BCUT2D eigenvalue weighted by Gasteiger charge is 2.17. The first kappa shape index (κ1) is 15.4. The van der Waals surface area contributed by atoms with E-state index in [2.05, 4.69) is 24.1 Å². The lowest BCUT2D eigenvalue weighted by atomic mass is 9.84. The summed E-state index contributed by atoms with van der Waals surface area (Å²) in [6.45, 7) is 6.62. The van der Waals surface area contributed by atoms with E-state index < -0.39 is 0 Å². The number of amides is 1. The summed E-state index contributed by atoms with van der Waals surface area (Å²) in [5.74, 6) is 0.145. The van der Waals surface area contributed by atoms with E-state index in [9.17, 15) is 4.79 Å². The summed E-state index contributed by atoms with van der Waals surface area (Å²) in [4.78, 5) is 13.6. The molecule has 16 heavy (non-hydrogen) atoms. The van der Waals surface area contributed by atoms with E-state index in [1.54, 1.807) is 0 Å². The van der Waals surface area contributed by atoms with Crippen LogP contribution in [0.1, 0.15) is 33.1 Å². The number of hydrogen-bond acceptors (Lipinski definition) is 3. The summed E-state index contributed by atoms with van der Waals surface area (Å²) in [6, 6.07) is 0. The maximum atomic E-state index is 11.5. The Labute approximate surface area is 99.6 Å². The van der Waals surface area contributed by atoms with Crippen molar-refractivity contribution in [1.29, 1.82) is 0 Å². The van der Waals surface area contributed by atoms with Crippen LogP contribution in [0.25, 0.3) is 0 Å². The van der Waals surface area contributed by atoms with Gasteiger partial charge in [0.25, 0.3) is 0 Å². The Balaban J connectivity index is 3.64. The van der Waals surface area contributed by atoms with Gasteiger partial charge in [-0.05, 0) is 38.9 Å². The number of carbonyl (C=O) groups excluding carboxylic acids is 1. The second-order valence-corrected chi connectivity index (χ2v) is 5.36. The number of rotatable bonds is 8. The van der Waals surface area contributed by atoms with Crippen molar-refractivity contribution in [2.45, 2.75) is 33.1 Å². The average Bonchev–Trinajstić information content (AvgIpc) is 2.14. The van der Waals surface area contributed by atoms with E-state index in [1.807, 2.05) is 14.1 Å². The Kier molecular flexibility index (Phi) is 7.34. The molecule has 96 valence electrons. The van der Waals surface area contributed by atoms with Crippen LogP contribution in [0, 0.1) is 5.41 Å². The largest absolute Gasteiger partial charge is 0.355 e. The van der Waals surface area contributed by atoms with Gasteiger partial charge in [0.05, 0.1) is 0 Å². The first-order valence-corrected chi connectivity index (χ1v) is 5.99. The molecule has 0 saturated heterocycles. The third-order valence-electron chi connectivity index (χ3n) is 2.73. The van der Waals surface area contributed by atoms with Crippen LogP contribution < -0.4 is 11.1 Å². The van der Waals surface area contributed by atoms with Crippen LogP contribution in [-0.4, -0.2) is 44.5 Å². The predicted molar refractivity (Wildman–Crippen MR) is 68.3 cm³/mol. The number of hydrogen-bond donors (Lipinski definition) is 2. The smallest absolute Gasteiger partial charge is 0.220 e. The third kappa shape index (κ3) is 8.68. The molecule has 0 atom stereocenters. The summed E-state index contributed by atoms with van der Waals surface area (Å²) in [5, 5.41) is 2.92. The SMILES string of the molecule is CN(C)CCNC(=O)CCC(C)(C)CCN. The fraction of sp³-hybridized carbons (Fsp3) is 0.917. The lowest BCUT2D eigenvalue weighted by Crippen LogP contribution is -2.32. The van der Waals surface area contributed by atoms with Crippen LogP contribution in [0.2, 0.25) is 0 Å². The van der Waals surface area contributed by atoms with E-state index in [0.717, 1.165) is 25.9 Å². The van der Waals surface area contributed by atoms with Crippen molar-refractivity contribution in [1.82, 2.24) is 10.2 Å². The zero-order valence-corrected chi connectivity index (χ0v) is 11.2. The summed E-state index contributed by atoms with van der Waals surface area (Å²) in [7, 11) is 3.99. The monoisotopic (exact) mass is 229 g/mol. The molecule has 0 aromatic heterocycles. The number of nitrogens with zero attached hydrogens (tertiary/aromatic N) is 1. The number of nitrogens with two attached hydrogens (primary N) is 1. The molecule has 0 heterocycles. The molecule has 0 fully saturated rings. The minimum Gasteiger partial charge on any atom is -0.355 e. The Morgan fingerprint density at radius 1 is 1.31 bits per heavy atom. The molecule has 1 amide bonds. The van der Waals surface area contributed by atoms with Crippen LogP contribution >= 0.6 is 0 Å². The molecule has 0 aromatic rings. The first-order chi connectivity index (χ1) is 7.37. The van der Waals surface area contributed by atoms with E-state index in [4.69, 9.17) is 5.73 Å². The summed E-state index contributed by atoms with van der Waals surface area (Å²) in [6.07, 6.45) is 2.47. The van der Waals surface area contributed by atoms with Gasteiger partial charge in [0.2, 0.25) is 5.91 Å². The molecule has 0 aliphatic heterocycles. The van der Waals surface area contributed by atoms with Gasteiger partial charge >= 0.3 is 0 Å². The zero-order chi connectivity index (χ0) is 12.6. The highest BCUT2D eigenvalue weighted by atomic mass is 16.1. The maximum absolute atomic E-state index is 11.5. The Hall–Kier alpha value is -0.610. The molecular formula is C12H27N3O. The first-order valence-electron chi connectivity index (χ1n) is 5.99. The minimum atomic E-state index is 0.145. The Bertz CT molecular complexity index is 202. The number of carbonyl (C=O) groups is 1. The molecule has 0 unspecified atom stereocenters. The highest BCUT2D eigenvalue weighted by molar-refractivity contribution is 5.75. The van der Waals surface area contributed by atoms with Gasteiger partial charge in [0, 0.05) is 19.5 Å². The number of nitrogens with one attached hydrogen (secondary N) is 1. The van der Waals surface area contributed by atoms with Crippen LogP contribution in [0.4, 0.5) is 0 Å². The molecule has 0 spiro atoms. The quantitative estimate of drug-likeness (QED) is 0.648.